The average Bonchev–Trinajstić information content (AvgIpc) is 2.39. The molecule has 0 saturated carbocycles. The van der Waals surface area contributed by atoms with Crippen molar-refractivity contribution in [3.63, 3.8) is 0 Å². The highest BCUT2D eigenvalue weighted by Gasteiger charge is 2.07. The number of aryl methyl sites for hydroxylation is 1. The number of para-hydroxylation sites is 2. The third kappa shape index (κ3) is 1.80. The summed E-state index contributed by atoms with van der Waals surface area (Å²) < 4.78 is 0. The molecule has 1 aromatic heterocycles. The first-order chi connectivity index (χ1) is 8.74. The summed E-state index contributed by atoms with van der Waals surface area (Å²) in [6.45, 7) is 1.95. The molecule has 18 heavy (non-hydrogen) atoms. The van der Waals surface area contributed by atoms with Gasteiger partial charge in [0.2, 0.25) is 0 Å². The fourth-order valence-corrected chi connectivity index (χ4v) is 1.98. The predicted octanol–water partition coefficient (Wildman–Crippen LogP) is 3.31. The summed E-state index contributed by atoms with van der Waals surface area (Å²) in [7, 11) is 0. The van der Waals surface area contributed by atoms with E-state index < -0.39 is 0 Å². The van der Waals surface area contributed by atoms with Gasteiger partial charge in [0.25, 0.3) is 0 Å². The Labute approximate surface area is 105 Å². The minimum absolute atomic E-state index is 0.255. The van der Waals surface area contributed by atoms with E-state index in [1.54, 1.807) is 12.1 Å². The van der Waals surface area contributed by atoms with Crippen LogP contribution >= 0.6 is 0 Å². The van der Waals surface area contributed by atoms with Gasteiger partial charge in [0.05, 0.1) is 22.4 Å². The summed E-state index contributed by atoms with van der Waals surface area (Å²) in [4.78, 5) is 9.18. The monoisotopic (exact) mass is 236 g/mol. The molecule has 0 aliphatic heterocycles. The van der Waals surface area contributed by atoms with Gasteiger partial charge in [-0.05, 0) is 43.3 Å². The van der Waals surface area contributed by atoms with Crippen molar-refractivity contribution >= 4 is 11.0 Å². The third-order valence-corrected chi connectivity index (χ3v) is 2.89. The van der Waals surface area contributed by atoms with Gasteiger partial charge in [0.15, 0.2) is 0 Å². The number of rotatable bonds is 1. The van der Waals surface area contributed by atoms with Crippen molar-refractivity contribution in [3.05, 3.63) is 54.2 Å². The van der Waals surface area contributed by atoms with Crippen LogP contribution in [0.5, 0.6) is 5.75 Å². The molecule has 2 aromatic carbocycles. The van der Waals surface area contributed by atoms with Gasteiger partial charge in [-0.25, -0.2) is 9.97 Å². The van der Waals surface area contributed by atoms with Crippen molar-refractivity contribution < 1.29 is 5.11 Å². The molecule has 3 rings (SSSR count). The zero-order chi connectivity index (χ0) is 12.5. The fourth-order valence-electron chi connectivity index (χ4n) is 1.98. The second-order valence-corrected chi connectivity index (χ2v) is 4.19. The molecule has 0 aliphatic rings. The van der Waals surface area contributed by atoms with E-state index in [9.17, 15) is 5.11 Å². The molecule has 3 nitrogen and oxygen atoms in total. The van der Waals surface area contributed by atoms with Crippen molar-refractivity contribution in [1.29, 1.82) is 0 Å². The standard InChI is InChI=1S/C15H12N2O/c1-10-15(11-6-8-12(18)9-7-11)17-14-5-3-2-4-13(14)16-10/h2-9,18H,1H3. The van der Waals surface area contributed by atoms with E-state index in [1.165, 1.54) is 0 Å². The first-order valence-electron chi connectivity index (χ1n) is 5.77. The molecule has 1 N–H and O–H groups in total. The third-order valence-electron chi connectivity index (χ3n) is 2.89. The molecule has 3 aromatic rings. The Kier molecular flexibility index (Phi) is 2.45. The number of phenolic OH excluding ortho intramolecular Hbond substituents is 1. The molecule has 0 spiro atoms. The average molecular weight is 236 g/mol. The lowest BCUT2D eigenvalue weighted by Crippen LogP contribution is -1.93. The molecule has 0 aliphatic carbocycles. The minimum atomic E-state index is 0.255. The normalized spacial score (nSPS) is 10.7. The Bertz CT molecular complexity index is 705. The van der Waals surface area contributed by atoms with Crippen LogP contribution in [0, 0.1) is 6.92 Å². The van der Waals surface area contributed by atoms with Crippen LogP contribution in [0.4, 0.5) is 0 Å². The van der Waals surface area contributed by atoms with Crippen LogP contribution in [0.15, 0.2) is 48.5 Å². The number of nitrogens with zero attached hydrogens (tertiary/aromatic N) is 2. The first kappa shape index (κ1) is 10.7. The number of benzene rings is 2. The van der Waals surface area contributed by atoms with E-state index in [2.05, 4.69) is 9.97 Å². The maximum absolute atomic E-state index is 9.31. The largest absolute Gasteiger partial charge is 0.508 e. The van der Waals surface area contributed by atoms with E-state index >= 15 is 0 Å². The quantitative estimate of drug-likeness (QED) is 0.705. The van der Waals surface area contributed by atoms with Gasteiger partial charge >= 0.3 is 0 Å². The van der Waals surface area contributed by atoms with Crippen molar-refractivity contribution in [1.82, 2.24) is 9.97 Å². The van der Waals surface area contributed by atoms with E-state index in [1.807, 2.05) is 43.3 Å². The zero-order valence-electron chi connectivity index (χ0n) is 9.96. The summed E-state index contributed by atoms with van der Waals surface area (Å²) in [5.41, 5.74) is 4.49. The van der Waals surface area contributed by atoms with E-state index in [0.717, 1.165) is 28.0 Å². The van der Waals surface area contributed by atoms with E-state index in [4.69, 9.17) is 0 Å². The Morgan fingerprint density at radius 1 is 0.833 bits per heavy atom. The fraction of sp³-hybridized carbons (Fsp3) is 0.0667. The Morgan fingerprint density at radius 2 is 1.44 bits per heavy atom. The number of aromatic nitrogens is 2. The number of phenols is 1. The van der Waals surface area contributed by atoms with Gasteiger partial charge in [-0.15, -0.1) is 0 Å². The first-order valence-corrected chi connectivity index (χ1v) is 5.77. The van der Waals surface area contributed by atoms with Crippen molar-refractivity contribution in [2.45, 2.75) is 6.92 Å². The molecule has 0 atom stereocenters. The van der Waals surface area contributed by atoms with Crippen LogP contribution in [0.25, 0.3) is 22.3 Å². The minimum Gasteiger partial charge on any atom is -0.508 e. The smallest absolute Gasteiger partial charge is 0.115 e. The molecular formula is C15H12N2O. The predicted molar refractivity (Wildman–Crippen MR) is 71.4 cm³/mol. The number of aromatic hydroxyl groups is 1. The van der Waals surface area contributed by atoms with Gasteiger partial charge in [0, 0.05) is 5.56 Å². The van der Waals surface area contributed by atoms with Gasteiger partial charge in [-0.1, -0.05) is 12.1 Å². The van der Waals surface area contributed by atoms with Gasteiger partial charge in [0.1, 0.15) is 5.75 Å². The SMILES string of the molecule is Cc1nc2ccccc2nc1-c1ccc(O)cc1. The molecule has 0 bridgehead atoms. The molecule has 88 valence electrons. The Morgan fingerprint density at radius 3 is 2.11 bits per heavy atom. The maximum atomic E-state index is 9.31. The van der Waals surface area contributed by atoms with Crippen LogP contribution < -0.4 is 0 Å². The van der Waals surface area contributed by atoms with Crippen LogP contribution in [0.3, 0.4) is 0 Å². The summed E-state index contributed by atoms with van der Waals surface area (Å²) in [6, 6.07) is 14.8. The molecule has 0 saturated heterocycles. The van der Waals surface area contributed by atoms with Crippen LogP contribution in [-0.4, -0.2) is 15.1 Å². The highest BCUT2D eigenvalue weighted by molar-refractivity contribution is 5.78. The summed E-state index contributed by atoms with van der Waals surface area (Å²) in [5, 5.41) is 9.31. The van der Waals surface area contributed by atoms with Crippen LogP contribution in [0.1, 0.15) is 5.69 Å². The summed E-state index contributed by atoms with van der Waals surface area (Å²) >= 11 is 0. The highest BCUT2D eigenvalue weighted by atomic mass is 16.3. The summed E-state index contributed by atoms with van der Waals surface area (Å²) in [5.74, 6) is 0.255. The molecule has 0 fully saturated rings. The number of hydrogen-bond donors (Lipinski definition) is 1. The second-order valence-electron chi connectivity index (χ2n) is 4.19. The Balaban J connectivity index is 2.22. The molecule has 1 heterocycles. The second kappa shape index (κ2) is 4.11. The number of hydrogen-bond acceptors (Lipinski definition) is 3. The summed E-state index contributed by atoms with van der Waals surface area (Å²) in [6.07, 6.45) is 0. The number of fused-ring (bicyclic) bond motifs is 1. The lowest BCUT2D eigenvalue weighted by Gasteiger charge is -2.06. The van der Waals surface area contributed by atoms with Gasteiger partial charge in [-0.3, -0.25) is 0 Å². The van der Waals surface area contributed by atoms with Crippen LogP contribution in [-0.2, 0) is 0 Å². The Hall–Kier alpha value is -2.42. The van der Waals surface area contributed by atoms with Crippen LogP contribution in [0.2, 0.25) is 0 Å². The topological polar surface area (TPSA) is 46.0 Å². The molecule has 0 unspecified atom stereocenters. The van der Waals surface area contributed by atoms with Gasteiger partial charge in [-0.2, -0.15) is 0 Å². The maximum Gasteiger partial charge on any atom is 0.115 e. The van der Waals surface area contributed by atoms with Crippen molar-refractivity contribution in [3.8, 4) is 17.0 Å². The molecular weight excluding hydrogens is 224 g/mol. The molecule has 0 amide bonds. The zero-order valence-corrected chi connectivity index (χ0v) is 9.96. The molecule has 3 heteroatoms. The van der Waals surface area contributed by atoms with Crippen molar-refractivity contribution in [2.24, 2.45) is 0 Å². The highest BCUT2D eigenvalue weighted by Crippen LogP contribution is 2.24. The van der Waals surface area contributed by atoms with E-state index in [0.29, 0.717) is 0 Å². The molecule has 0 radical (unpaired) electrons. The lowest BCUT2D eigenvalue weighted by atomic mass is 10.1. The lowest BCUT2D eigenvalue weighted by molar-refractivity contribution is 0.475. The van der Waals surface area contributed by atoms with Gasteiger partial charge < -0.3 is 5.11 Å². The van der Waals surface area contributed by atoms with Crippen molar-refractivity contribution in [2.75, 3.05) is 0 Å². The van der Waals surface area contributed by atoms with E-state index in [-0.39, 0.29) is 5.75 Å².